The summed E-state index contributed by atoms with van der Waals surface area (Å²) in [6, 6.07) is 18.2. The van der Waals surface area contributed by atoms with Crippen molar-refractivity contribution in [1.82, 2.24) is 9.97 Å². The SMILES string of the molecule is Cc1cc(OCC(=O)N2CCc3ccccc32)c(C(C)C)cc1-c1ccc2c(Cl)c(C(=O)Nc3cnccn3)sc2c1. The number of carbonyl (C=O) groups is 2. The third-order valence-electron chi connectivity index (χ3n) is 7.47. The Morgan fingerprint density at radius 2 is 1.95 bits per heavy atom. The summed E-state index contributed by atoms with van der Waals surface area (Å²) >= 11 is 7.98. The van der Waals surface area contributed by atoms with Gasteiger partial charge in [-0.25, -0.2) is 4.98 Å². The number of anilines is 2. The molecule has 0 saturated heterocycles. The zero-order valence-corrected chi connectivity index (χ0v) is 25.1. The van der Waals surface area contributed by atoms with Crippen LogP contribution in [0.4, 0.5) is 11.5 Å². The maximum Gasteiger partial charge on any atom is 0.268 e. The van der Waals surface area contributed by atoms with Gasteiger partial charge in [0.2, 0.25) is 0 Å². The second kappa shape index (κ2) is 11.5. The minimum absolute atomic E-state index is 0.0219. The third kappa shape index (κ3) is 5.35. The van der Waals surface area contributed by atoms with Gasteiger partial charge in [-0.1, -0.05) is 55.8 Å². The molecule has 6 rings (SSSR count). The van der Waals surface area contributed by atoms with Gasteiger partial charge in [-0.15, -0.1) is 11.3 Å². The molecule has 1 N–H and O–H groups in total. The molecule has 212 valence electrons. The Hall–Kier alpha value is -4.27. The molecule has 2 aromatic heterocycles. The number of aryl methyl sites for hydroxylation is 1. The van der Waals surface area contributed by atoms with Crippen LogP contribution in [-0.4, -0.2) is 34.9 Å². The molecule has 0 fully saturated rings. The number of carbonyl (C=O) groups excluding carboxylic acids is 2. The van der Waals surface area contributed by atoms with Crippen molar-refractivity contribution in [2.24, 2.45) is 0 Å². The second-order valence-corrected chi connectivity index (χ2v) is 12.0. The van der Waals surface area contributed by atoms with Crippen LogP contribution in [0.3, 0.4) is 0 Å². The van der Waals surface area contributed by atoms with E-state index in [2.05, 4.69) is 47.3 Å². The van der Waals surface area contributed by atoms with E-state index in [0.717, 1.165) is 50.2 Å². The van der Waals surface area contributed by atoms with Gasteiger partial charge in [0.25, 0.3) is 11.8 Å². The van der Waals surface area contributed by atoms with E-state index >= 15 is 0 Å². The Bertz CT molecular complexity index is 1820. The molecule has 3 heterocycles. The van der Waals surface area contributed by atoms with E-state index in [1.807, 2.05) is 48.2 Å². The molecule has 0 atom stereocenters. The van der Waals surface area contributed by atoms with E-state index in [1.165, 1.54) is 29.3 Å². The summed E-state index contributed by atoms with van der Waals surface area (Å²) in [5.74, 6) is 0.891. The fraction of sp³-hybridized carbons (Fsp3) is 0.212. The molecule has 0 aliphatic carbocycles. The van der Waals surface area contributed by atoms with E-state index in [4.69, 9.17) is 16.3 Å². The highest BCUT2D eigenvalue weighted by molar-refractivity contribution is 7.21. The van der Waals surface area contributed by atoms with Gasteiger partial charge in [0.05, 0.1) is 11.2 Å². The number of rotatable bonds is 7. The van der Waals surface area contributed by atoms with E-state index in [-0.39, 0.29) is 24.3 Å². The Morgan fingerprint density at radius 1 is 1.12 bits per heavy atom. The van der Waals surface area contributed by atoms with Crippen molar-refractivity contribution in [3.8, 4) is 16.9 Å². The lowest BCUT2D eigenvalue weighted by atomic mass is 9.92. The molecule has 42 heavy (non-hydrogen) atoms. The topological polar surface area (TPSA) is 84.4 Å². The summed E-state index contributed by atoms with van der Waals surface area (Å²) in [6.07, 6.45) is 5.41. The number of ether oxygens (including phenoxy) is 1. The van der Waals surface area contributed by atoms with Gasteiger partial charge in [0, 0.05) is 34.7 Å². The lowest BCUT2D eigenvalue weighted by Crippen LogP contribution is -2.33. The number of benzene rings is 3. The molecule has 2 amide bonds. The monoisotopic (exact) mass is 596 g/mol. The second-order valence-electron chi connectivity index (χ2n) is 10.6. The minimum atomic E-state index is -0.324. The molecule has 1 aliphatic heterocycles. The van der Waals surface area contributed by atoms with Crippen molar-refractivity contribution < 1.29 is 14.3 Å². The lowest BCUT2D eigenvalue weighted by Gasteiger charge is -2.21. The summed E-state index contributed by atoms with van der Waals surface area (Å²) in [5, 5.41) is 3.99. The highest BCUT2D eigenvalue weighted by Gasteiger charge is 2.25. The summed E-state index contributed by atoms with van der Waals surface area (Å²) in [4.78, 5) is 36.4. The Kier molecular flexibility index (Phi) is 7.66. The lowest BCUT2D eigenvalue weighted by molar-refractivity contribution is -0.120. The maximum absolute atomic E-state index is 13.1. The average molecular weight is 597 g/mol. The molecule has 1 aliphatic rings. The van der Waals surface area contributed by atoms with Gasteiger partial charge in [0.1, 0.15) is 10.6 Å². The first-order valence-electron chi connectivity index (χ1n) is 13.8. The first-order valence-corrected chi connectivity index (χ1v) is 14.9. The molecular formula is C33H29ClN4O3S. The summed E-state index contributed by atoms with van der Waals surface area (Å²) in [6.45, 7) is 6.92. The van der Waals surface area contributed by atoms with Gasteiger partial charge in [0.15, 0.2) is 12.4 Å². The highest BCUT2D eigenvalue weighted by Crippen LogP contribution is 2.40. The zero-order valence-electron chi connectivity index (χ0n) is 23.5. The van der Waals surface area contributed by atoms with Gasteiger partial charge in [-0.2, -0.15) is 0 Å². The predicted molar refractivity (Wildman–Crippen MR) is 169 cm³/mol. The standard InChI is InChI=1S/C33H29ClN4O3S/c1-19(2)24-16-25(20(3)14-27(24)41-18-30(39)38-13-10-21-6-4-5-7-26(21)38)22-8-9-23-28(15-22)42-32(31(23)34)33(40)37-29-17-35-11-12-36-29/h4-9,11-12,14-17,19H,10,13,18H2,1-3H3,(H,36,37,40). The van der Waals surface area contributed by atoms with Crippen molar-refractivity contribution in [3.05, 3.63) is 99.8 Å². The van der Waals surface area contributed by atoms with E-state index in [1.54, 1.807) is 6.20 Å². The van der Waals surface area contributed by atoms with Gasteiger partial charge in [-0.05, 0) is 71.3 Å². The maximum atomic E-state index is 13.1. The smallest absolute Gasteiger partial charge is 0.268 e. The molecule has 5 aromatic rings. The predicted octanol–water partition coefficient (Wildman–Crippen LogP) is 7.66. The molecule has 0 saturated carbocycles. The number of hydrogen-bond donors (Lipinski definition) is 1. The molecule has 0 spiro atoms. The molecule has 3 aromatic carbocycles. The molecule has 7 nitrogen and oxygen atoms in total. The van der Waals surface area contributed by atoms with Gasteiger partial charge < -0.3 is 15.0 Å². The normalized spacial score (nSPS) is 12.5. The van der Waals surface area contributed by atoms with Gasteiger partial charge in [-0.3, -0.25) is 14.6 Å². The number of nitrogens with one attached hydrogen (secondary N) is 1. The number of fused-ring (bicyclic) bond motifs is 2. The van der Waals surface area contributed by atoms with Crippen LogP contribution in [-0.2, 0) is 11.2 Å². The molecule has 0 unspecified atom stereocenters. The summed E-state index contributed by atoms with van der Waals surface area (Å²) in [7, 11) is 0. The Balaban J connectivity index is 1.25. The fourth-order valence-corrected chi connectivity index (χ4v) is 6.77. The van der Waals surface area contributed by atoms with Crippen molar-refractivity contribution in [2.45, 2.75) is 33.1 Å². The van der Waals surface area contributed by atoms with Crippen LogP contribution < -0.4 is 15.0 Å². The number of halogens is 1. The average Bonchev–Trinajstić information content (AvgIpc) is 3.57. The van der Waals surface area contributed by atoms with Crippen molar-refractivity contribution in [2.75, 3.05) is 23.4 Å². The molecular weight excluding hydrogens is 568 g/mol. The summed E-state index contributed by atoms with van der Waals surface area (Å²) in [5.41, 5.74) is 6.28. The number of hydrogen-bond acceptors (Lipinski definition) is 6. The van der Waals surface area contributed by atoms with Gasteiger partial charge >= 0.3 is 0 Å². The molecule has 0 radical (unpaired) electrons. The van der Waals surface area contributed by atoms with Crippen LogP contribution in [0.25, 0.3) is 21.2 Å². The first-order chi connectivity index (χ1) is 20.3. The minimum Gasteiger partial charge on any atom is -0.483 e. The van der Waals surface area contributed by atoms with Crippen molar-refractivity contribution in [3.63, 3.8) is 0 Å². The zero-order chi connectivity index (χ0) is 29.4. The largest absolute Gasteiger partial charge is 0.483 e. The summed E-state index contributed by atoms with van der Waals surface area (Å²) < 4.78 is 7.07. The van der Waals surface area contributed by atoms with E-state index in [0.29, 0.717) is 22.3 Å². The number of nitrogens with zero attached hydrogens (tertiary/aromatic N) is 3. The number of aromatic nitrogens is 2. The number of amides is 2. The highest BCUT2D eigenvalue weighted by atomic mass is 35.5. The molecule has 9 heteroatoms. The van der Waals surface area contributed by atoms with E-state index < -0.39 is 0 Å². The third-order valence-corrected chi connectivity index (χ3v) is 9.13. The first kappa shape index (κ1) is 27.9. The quantitative estimate of drug-likeness (QED) is 0.208. The van der Waals surface area contributed by atoms with E-state index in [9.17, 15) is 9.59 Å². The van der Waals surface area contributed by atoms with Crippen LogP contribution in [0.15, 0.2) is 73.2 Å². The van der Waals surface area contributed by atoms with Crippen LogP contribution in [0.1, 0.15) is 46.1 Å². The Labute approximate surface area is 253 Å². The van der Waals surface area contributed by atoms with Crippen LogP contribution in [0.5, 0.6) is 5.75 Å². The number of para-hydroxylation sites is 1. The van der Waals surface area contributed by atoms with Crippen molar-refractivity contribution in [1.29, 1.82) is 0 Å². The molecule has 0 bridgehead atoms. The fourth-order valence-electron chi connectivity index (χ4n) is 5.32. The van der Waals surface area contributed by atoms with Crippen LogP contribution in [0, 0.1) is 6.92 Å². The van der Waals surface area contributed by atoms with Crippen LogP contribution in [0.2, 0.25) is 5.02 Å². The van der Waals surface area contributed by atoms with Crippen molar-refractivity contribution >= 4 is 56.3 Å². The van der Waals surface area contributed by atoms with Crippen LogP contribution >= 0.6 is 22.9 Å². The Morgan fingerprint density at radius 3 is 2.74 bits per heavy atom. The number of thiophene rings is 1.